The molecule has 0 aliphatic carbocycles. The van der Waals surface area contributed by atoms with Gasteiger partial charge in [0.1, 0.15) is 6.61 Å². The van der Waals surface area contributed by atoms with Gasteiger partial charge in [-0.3, -0.25) is 4.79 Å². The second-order valence-electron chi connectivity index (χ2n) is 5.47. The maximum absolute atomic E-state index is 12.1. The average Bonchev–Trinajstić information content (AvgIpc) is 2.68. The quantitative estimate of drug-likeness (QED) is 0.516. The van der Waals surface area contributed by atoms with Gasteiger partial charge >= 0.3 is 0 Å². The van der Waals surface area contributed by atoms with E-state index in [2.05, 4.69) is 25.3 Å². The van der Waals surface area contributed by atoms with Crippen molar-refractivity contribution in [3.63, 3.8) is 0 Å². The van der Waals surface area contributed by atoms with Gasteiger partial charge in [-0.05, 0) is 32.8 Å². The van der Waals surface area contributed by atoms with Crippen LogP contribution in [-0.2, 0) is 16.0 Å². The third-order valence-electron chi connectivity index (χ3n) is 3.25. The molecule has 4 nitrogen and oxygen atoms in total. The Labute approximate surface area is 122 Å². The predicted octanol–water partition coefficient (Wildman–Crippen LogP) is 3.00. The lowest BCUT2D eigenvalue weighted by atomic mass is 10.1. The predicted molar refractivity (Wildman–Crippen MR) is 80.4 cm³/mol. The number of ketones is 1. The fourth-order valence-corrected chi connectivity index (χ4v) is 2.25. The molecule has 0 fully saturated rings. The molecule has 1 rings (SSSR count). The van der Waals surface area contributed by atoms with Crippen LogP contribution >= 0.6 is 0 Å². The average molecular weight is 281 g/mol. The van der Waals surface area contributed by atoms with Crippen LogP contribution in [0.4, 0.5) is 0 Å². The van der Waals surface area contributed by atoms with E-state index in [0.29, 0.717) is 19.1 Å². The Morgan fingerprint density at radius 1 is 1.25 bits per heavy atom. The summed E-state index contributed by atoms with van der Waals surface area (Å²) in [6.07, 6.45) is 0. The Hall–Kier alpha value is -1.13. The smallest absolute Gasteiger partial charge is 0.190 e. The molecule has 0 atom stereocenters. The molecule has 0 bridgehead atoms. The summed E-state index contributed by atoms with van der Waals surface area (Å²) < 4.78 is 12.9. The van der Waals surface area contributed by atoms with Crippen LogP contribution in [-0.4, -0.2) is 36.8 Å². The number of Topliss-reactive ketones (excluding diaryl/α,β-unsaturated/α-hetero) is 1. The van der Waals surface area contributed by atoms with Crippen molar-refractivity contribution in [2.24, 2.45) is 5.92 Å². The number of aromatic nitrogens is 1. The number of carbonyl (C=O) groups excluding carboxylic acids is 1. The van der Waals surface area contributed by atoms with Crippen molar-refractivity contribution in [3.05, 3.63) is 23.0 Å². The normalized spacial score (nSPS) is 11.3. The fourth-order valence-electron chi connectivity index (χ4n) is 2.25. The Morgan fingerprint density at radius 2 is 1.90 bits per heavy atom. The van der Waals surface area contributed by atoms with Crippen LogP contribution in [0.1, 0.15) is 42.5 Å². The molecule has 0 radical (unpaired) electrons. The molecule has 0 N–H and O–H groups in total. The van der Waals surface area contributed by atoms with Gasteiger partial charge in [0.2, 0.25) is 0 Å². The maximum Gasteiger partial charge on any atom is 0.190 e. The van der Waals surface area contributed by atoms with Gasteiger partial charge in [0.25, 0.3) is 0 Å². The van der Waals surface area contributed by atoms with Crippen molar-refractivity contribution in [1.29, 1.82) is 0 Å². The van der Waals surface area contributed by atoms with E-state index in [4.69, 9.17) is 9.47 Å². The molecule has 4 heteroatoms. The van der Waals surface area contributed by atoms with Gasteiger partial charge in [-0.1, -0.05) is 13.8 Å². The number of ether oxygens (including phenoxy) is 2. The highest BCUT2D eigenvalue weighted by Gasteiger charge is 2.14. The highest BCUT2D eigenvalue weighted by atomic mass is 16.5. The van der Waals surface area contributed by atoms with Crippen LogP contribution in [0.2, 0.25) is 0 Å². The summed E-state index contributed by atoms with van der Waals surface area (Å²) in [5.41, 5.74) is 2.91. The SMILES string of the molecule is CCn1c(C)cc(C(=O)COCCOCC(C)C)c1C. The first-order valence-corrected chi connectivity index (χ1v) is 7.32. The lowest BCUT2D eigenvalue weighted by Gasteiger charge is -2.08. The summed E-state index contributed by atoms with van der Waals surface area (Å²) in [7, 11) is 0. The van der Waals surface area contributed by atoms with Gasteiger partial charge in [-0.25, -0.2) is 0 Å². The number of nitrogens with zero attached hydrogens (tertiary/aromatic N) is 1. The minimum Gasteiger partial charge on any atom is -0.379 e. The molecule has 20 heavy (non-hydrogen) atoms. The lowest BCUT2D eigenvalue weighted by molar-refractivity contribution is 0.0363. The van der Waals surface area contributed by atoms with Crippen molar-refractivity contribution < 1.29 is 14.3 Å². The van der Waals surface area contributed by atoms with E-state index in [0.717, 1.165) is 30.1 Å². The van der Waals surface area contributed by atoms with Crippen LogP contribution in [0.5, 0.6) is 0 Å². The molecule has 0 saturated heterocycles. The maximum atomic E-state index is 12.1. The van der Waals surface area contributed by atoms with Crippen LogP contribution < -0.4 is 0 Å². The molecule has 0 spiro atoms. The van der Waals surface area contributed by atoms with Crippen molar-refractivity contribution in [2.75, 3.05) is 26.4 Å². The molecular formula is C16H27NO3. The molecule has 0 amide bonds. The number of carbonyl (C=O) groups is 1. The molecule has 1 aromatic heterocycles. The van der Waals surface area contributed by atoms with Crippen LogP contribution in [0, 0.1) is 19.8 Å². The Morgan fingerprint density at radius 3 is 2.45 bits per heavy atom. The van der Waals surface area contributed by atoms with Gasteiger partial charge in [0, 0.05) is 30.1 Å². The Bertz CT molecular complexity index is 435. The number of hydrogen-bond acceptors (Lipinski definition) is 3. The van der Waals surface area contributed by atoms with E-state index in [1.807, 2.05) is 19.9 Å². The van der Waals surface area contributed by atoms with Gasteiger partial charge in [0.05, 0.1) is 13.2 Å². The van der Waals surface area contributed by atoms with E-state index < -0.39 is 0 Å². The largest absolute Gasteiger partial charge is 0.379 e. The highest BCUT2D eigenvalue weighted by molar-refractivity contribution is 5.98. The van der Waals surface area contributed by atoms with Crippen LogP contribution in [0.15, 0.2) is 6.07 Å². The lowest BCUT2D eigenvalue weighted by Crippen LogP contribution is -2.14. The minimum absolute atomic E-state index is 0.0432. The van der Waals surface area contributed by atoms with Crippen molar-refractivity contribution in [3.8, 4) is 0 Å². The molecular weight excluding hydrogens is 254 g/mol. The zero-order valence-electron chi connectivity index (χ0n) is 13.4. The van der Waals surface area contributed by atoms with Gasteiger partial charge < -0.3 is 14.0 Å². The van der Waals surface area contributed by atoms with E-state index >= 15 is 0 Å². The molecule has 0 unspecified atom stereocenters. The first-order valence-electron chi connectivity index (χ1n) is 7.32. The topological polar surface area (TPSA) is 40.5 Å². The molecule has 114 valence electrons. The zero-order chi connectivity index (χ0) is 15.1. The Balaban J connectivity index is 2.36. The zero-order valence-corrected chi connectivity index (χ0v) is 13.4. The number of hydrogen-bond donors (Lipinski definition) is 0. The summed E-state index contributed by atoms with van der Waals surface area (Å²) in [6, 6.07) is 1.94. The molecule has 1 aromatic rings. The molecule has 0 saturated carbocycles. The summed E-state index contributed by atoms with van der Waals surface area (Å²) in [5, 5.41) is 0. The standard InChI is InChI=1S/C16H27NO3/c1-6-17-13(4)9-15(14(17)5)16(18)11-20-8-7-19-10-12(2)3/h9,12H,6-8,10-11H2,1-5H3. The summed E-state index contributed by atoms with van der Waals surface area (Å²) in [4.78, 5) is 12.1. The highest BCUT2D eigenvalue weighted by Crippen LogP contribution is 2.15. The van der Waals surface area contributed by atoms with Gasteiger partial charge in [-0.15, -0.1) is 0 Å². The second-order valence-corrected chi connectivity index (χ2v) is 5.47. The van der Waals surface area contributed by atoms with Gasteiger partial charge in [0.15, 0.2) is 5.78 Å². The summed E-state index contributed by atoms with van der Waals surface area (Å²) in [5.74, 6) is 0.567. The van der Waals surface area contributed by atoms with Crippen LogP contribution in [0.25, 0.3) is 0 Å². The van der Waals surface area contributed by atoms with Crippen LogP contribution in [0.3, 0.4) is 0 Å². The first-order chi connectivity index (χ1) is 9.47. The monoisotopic (exact) mass is 281 g/mol. The third-order valence-corrected chi connectivity index (χ3v) is 3.25. The summed E-state index contributed by atoms with van der Waals surface area (Å²) in [6.45, 7) is 13.0. The number of aryl methyl sites for hydroxylation is 1. The summed E-state index contributed by atoms with van der Waals surface area (Å²) >= 11 is 0. The molecule has 0 aliphatic rings. The van der Waals surface area contributed by atoms with Crippen molar-refractivity contribution >= 4 is 5.78 Å². The van der Waals surface area contributed by atoms with Crippen molar-refractivity contribution in [2.45, 2.75) is 41.2 Å². The Kier molecular flexibility index (Phi) is 6.96. The van der Waals surface area contributed by atoms with E-state index in [1.54, 1.807) is 0 Å². The fraction of sp³-hybridized carbons (Fsp3) is 0.688. The molecule has 0 aromatic carbocycles. The van der Waals surface area contributed by atoms with E-state index in [-0.39, 0.29) is 12.4 Å². The third kappa shape index (κ3) is 4.76. The minimum atomic E-state index is 0.0432. The second kappa shape index (κ2) is 8.22. The van der Waals surface area contributed by atoms with Gasteiger partial charge in [-0.2, -0.15) is 0 Å². The molecule has 0 aliphatic heterocycles. The van der Waals surface area contributed by atoms with E-state index in [1.165, 1.54) is 0 Å². The van der Waals surface area contributed by atoms with Crippen molar-refractivity contribution in [1.82, 2.24) is 4.57 Å². The van der Waals surface area contributed by atoms with E-state index in [9.17, 15) is 4.79 Å². The molecule has 1 heterocycles. The number of rotatable bonds is 9. The first kappa shape index (κ1) is 16.9.